The second kappa shape index (κ2) is 11.7. The fraction of sp³-hybridized carbons (Fsp3) is 0.444. The van der Waals surface area contributed by atoms with Gasteiger partial charge in [0.1, 0.15) is 6.10 Å². The van der Waals surface area contributed by atoms with Gasteiger partial charge in [-0.05, 0) is 125 Å². The summed E-state index contributed by atoms with van der Waals surface area (Å²) in [5.74, 6) is 29.5. The van der Waals surface area contributed by atoms with Crippen LogP contribution in [0, 0.1) is 118 Å². The van der Waals surface area contributed by atoms with Gasteiger partial charge in [0.05, 0.1) is 12.0 Å². The maximum atomic E-state index is 14.4. The average molecular weight is 559 g/mol. The van der Waals surface area contributed by atoms with Crippen molar-refractivity contribution in [2.45, 2.75) is 58.3 Å². The summed E-state index contributed by atoms with van der Waals surface area (Å²) >= 11 is 0. The molecule has 0 radical (unpaired) electrons. The number of aliphatic hydroxyl groups excluding tert-OH is 2. The number of aliphatic hydroxyl groups is 3. The zero-order chi connectivity index (χ0) is 30.7. The number of carbonyl (C=O) groups is 2. The van der Waals surface area contributed by atoms with E-state index in [4.69, 9.17) is 11.2 Å². The minimum atomic E-state index is -2.22. The van der Waals surface area contributed by atoms with Crippen LogP contribution in [-0.4, -0.2) is 51.5 Å². The molecular formula is C36H30O6. The summed E-state index contributed by atoms with van der Waals surface area (Å²) in [6, 6.07) is 0. The third-order valence-corrected chi connectivity index (χ3v) is 9.03. The molecule has 0 aromatic carbocycles. The number of rotatable bonds is 2. The van der Waals surface area contributed by atoms with Gasteiger partial charge in [-0.2, -0.15) is 0 Å². The summed E-state index contributed by atoms with van der Waals surface area (Å²) in [4.78, 5) is 27.1. The predicted octanol–water partition coefficient (Wildman–Crippen LogP) is 1.41. The SMILES string of the molecule is C#CC#CC#CC#CC#CC#CC#CC(=O)O[C@H]1C(C)=C[C@@]23C[C@H](C)C[C@@H]4[C@H]([C@H](C=C(CO)[C@@H](O)[C@]12O)C3=O)C4(C)C. The van der Waals surface area contributed by atoms with Crippen molar-refractivity contribution in [1.29, 1.82) is 0 Å². The summed E-state index contributed by atoms with van der Waals surface area (Å²) in [7, 11) is 0. The van der Waals surface area contributed by atoms with Crippen LogP contribution in [0.1, 0.15) is 40.5 Å². The van der Waals surface area contributed by atoms with Gasteiger partial charge >= 0.3 is 5.97 Å². The maximum absolute atomic E-state index is 14.4. The number of terminal acetylenes is 1. The second-order valence-corrected chi connectivity index (χ2v) is 11.8. The van der Waals surface area contributed by atoms with Crippen LogP contribution in [0.4, 0.5) is 0 Å². The average Bonchev–Trinajstić information content (AvgIpc) is 3.41. The number of hydrogen-bond donors (Lipinski definition) is 3. The molecule has 8 atom stereocenters. The van der Waals surface area contributed by atoms with Crippen LogP contribution in [-0.2, 0) is 14.3 Å². The first kappa shape index (κ1) is 30.4. The van der Waals surface area contributed by atoms with Crippen molar-refractivity contribution in [2.75, 3.05) is 6.61 Å². The number of ketones is 1. The lowest BCUT2D eigenvalue weighted by Gasteiger charge is -2.47. The molecule has 4 aliphatic rings. The molecule has 4 aliphatic carbocycles. The Morgan fingerprint density at radius 2 is 1.62 bits per heavy atom. The maximum Gasteiger partial charge on any atom is 0.386 e. The minimum Gasteiger partial charge on any atom is -0.445 e. The van der Waals surface area contributed by atoms with Gasteiger partial charge in [0, 0.05) is 11.8 Å². The molecule has 2 fully saturated rings. The molecule has 6 heteroatoms. The third-order valence-electron chi connectivity index (χ3n) is 9.03. The van der Waals surface area contributed by atoms with Crippen molar-refractivity contribution in [3.63, 3.8) is 0 Å². The van der Waals surface area contributed by atoms with E-state index < -0.39 is 41.7 Å². The van der Waals surface area contributed by atoms with E-state index in [1.54, 1.807) is 19.1 Å². The first-order chi connectivity index (χ1) is 20.0. The van der Waals surface area contributed by atoms with E-state index in [-0.39, 0.29) is 35.0 Å². The van der Waals surface area contributed by atoms with Crippen molar-refractivity contribution >= 4 is 11.8 Å². The number of ether oxygens (including phenoxy) is 1. The topological polar surface area (TPSA) is 104 Å². The van der Waals surface area contributed by atoms with E-state index in [2.05, 4.69) is 90.8 Å². The van der Waals surface area contributed by atoms with Crippen LogP contribution in [0.15, 0.2) is 23.3 Å². The highest BCUT2D eigenvalue weighted by atomic mass is 16.6. The number of Topliss-reactive ketones (excluding diaryl/α,β-unsaturated/α-hetero) is 1. The van der Waals surface area contributed by atoms with Gasteiger partial charge in [0.15, 0.2) is 17.5 Å². The quantitative estimate of drug-likeness (QED) is 0.205. The first-order valence-corrected chi connectivity index (χ1v) is 13.6. The lowest BCUT2D eigenvalue weighted by Crippen LogP contribution is -2.64. The second-order valence-electron chi connectivity index (χ2n) is 11.8. The van der Waals surface area contributed by atoms with Crippen LogP contribution < -0.4 is 0 Å². The number of esters is 1. The van der Waals surface area contributed by atoms with Crippen LogP contribution in [0.5, 0.6) is 0 Å². The monoisotopic (exact) mass is 558 g/mol. The van der Waals surface area contributed by atoms with Crippen LogP contribution in [0.3, 0.4) is 0 Å². The van der Waals surface area contributed by atoms with Gasteiger partial charge < -0.3 is 20.1 Å². The highest BCUT2D eigenvalue weighted by molar-refractivity contribution is 5.95. The van der Waals surface area contributed by atoms with Crippen LogP contribution in [0.25, 0.3) is 0 Å². The Kier molecular flexibility index (Phi) is 8.48. The van der Waals surface area contributed by atoms with E-state index in [1.165, 1.54) is 0 Å². The van der Waals surface area contributed by atoms with Gasteiger partial charge in [-0.15, -0.1) is 6.42 Å². The fourth-order valence-electron chi connectivity index (χ4n) is 7.26. The summed E-state index contributed by atoms with van der Waals surface area (Å²) in [6.07, 6.45) is 6.39. The molecule has 0 unspecified atom stereocenters. The van der Waals surface area contributed by atoms with Crippen LogP contribution in [0.2, 0.25) is 0 Å². The molecule has 6 nitrogen and oxygen atoms in total. The van der Waals surface area contributed by atoms with Crippen molar-refractivity contribution in [2.24, 2.45) is 34.5 Å². The van der Waals surface area contributed by atoms with Crippen molar-refractivity contribution in [3.05, 3.63) is 23.3 Å². The third kappa shape index (κ3) is 5.13. The Balaban J connectivity index is 1.59. The standard InChI is InChI=1S/C36H30O6/c1-6-7-8-9-10-11-12-13-14-15-16-17-18-29(38)42-33-25(3)22-35-21-24(2)19-28-30(34(28,4)5)27(32(35)40)20-26(23-37)31(39)36(33,35)41/h1,20,22,24,27-28,30-31,33,37,39,41H,19,21,23H2,2-5H3/t24-,27+,28-,30+,31-,33+,35-,36+/m1/s1. The van der Waals surface area contributed by atoms with Crippen molar-refractivity contribution in [3.8, 4) is 83.4 Å². The Bertz CT molecular complexity index is 1700. The van der Waals surface area contributed by atoms with E-state index in [1.807, 2.05) is 6.92 Å². The molecule has 0 aromatic rings. The highest BCUT2D eigenvalue weighted by Crippen LogP contribution is 2.69. The minimum absolute atomic E-state index is 0.0238. The highest BCUT2D eigenvalue weighted by Gasteiger charge is 2.73. The number of allylic oxidation sites excluding steroid dienone is 1. The Morgan fingerprint density at radius 1 is 1.05 bits per heavy atom. The Labute approximate surface area is 247 Å². The molecule has 4 rings (SSSR count). The van der Waals surface area contributed by atoms with Gasteiger partial charge in [-0.1, -0.05) is 32.9 Å². The molecule has 1 spiro atoms. The molecule has 0 saturated heterocycles. The molecule has 0 amide bonds. The first-order valence-electron chi connectivity index (χ1n) is 13.6. The summed E-state index contributed by atoms with van der Waals surface area (Å²) in [6.45, 7) is 7.41. The van der Waals surface area contributed by atoms with Crippen molar-refractivity contribution in [1.82, 2.24) is 0 Å². The number of carbonyl (C=O) groups excluding carboxylic acids is 2. The van der Waals surface area contributed by atoms with Gasteiger partial charge in [0.2, 0.25) is 0 Å². The number of hydrogen-bond acceptors (Lipinski definition) is 6. The molecule has 2 saturated carbocycles. The molecule has 0 aliphatic heterocycles. The zero-order valence-electron chi connectivity index (χ0n) is 23.9. The van der Waals surface area contributed by atoms with Crippen molar-refractivity contribution < 1.29 is 29.6 Å². The molecule has 3 N–H and O–H groups in total. The van der Waals surface area contributed by atoms with Gasteiger partial charge in [0.25, 0.3) is 0 Å². The van der Waals surface area contributed by atoms with Gasteiger partial charge in [-0.3, -0.25) is 4.79 Å². The molecule has 0 heterocycles. The summed E-state index contributed by atoms with van der Waals surface area (Å²) in [5, 5.41) is 34.1. The van der Waals surface area contributed by atoms with Gasteiger partial charge in [-0.25, -0.2) is 4.79 Å². The summed E-state index contributed by atoms with van der Waals surface area (Å²) < 4.78 is 5.62. The predicted molar refractivity (Wildman–Crippen MR) is 155 cm³/mol. The Morgan fingerprint density at radius 3 is 2.19 bits per heavy atom. The lowest BCUT2D eigenvalue weighted by atomic mass is 9.60. The smallest absolute Gasteiger partial charge is 0.386 e. The molecular weight excluding hydrogens is 528 g/mol. The zero-order valence-corrected chi connectivity index (χ0v) is 23.9. The van der Waals surface area contributed by atoms with Crippen LogP contribution >= 0.6 is 0 Å². The summed E-state index contributed by atoms with van der Waals surface area (Å²) in [5.41, 5.74) is -3.25. The van der Waals surface area contributed by atoms with E-state index in [0.29, 0.717) is 11.5 Å². The normalized spacial score (nSPS) is 34.1. The molecule has 42 heavy (non-hydrogen) atoms. The Hall–Kier alpha value is -4.58. The van der Waals surface area contributed by atoms with E-state index in [0.717, 1.165) is 6.42 Å². The largest absolute Gasteiger partial charge is 0.445 e. The lowest BCUT2D eigenvalue weighted by molar-refractivity contribution is -0.196. The molecule has 2 bridgehead atoms. The van der Waals surface area contributed by atoms with E-state index >= 15 is 0 Å². The molecule has 0 aromatic heterocycles. The fourth-order valence-corrected chi connectivity index (χ4v) is 7.26. The number of fused-ring (bicyclic) bond motifs is 3. The molecule has 210 valence electrons. The van der Waals surface area contributed by atoms with E-state index in [9.17, 15) is 24.9 Å².